The zero-order chi connectivity index (χ0) is 21.7. The lowest BCUT2D eigenvalue weighted by molar-refractivity contribution is 0.0938. The summed E-state index contributed by atoms with van der Waals surface area (Å²) in [5.41, 5.74) is 1.72. The fraction of sp³-hybridized carbons (Fsp3) is 0.0870. The van der Waals surface area contributed by atoms with E-state index >= 15 is 0 Å². The summed E-state index contributed by atoms with van der Waals surface area (Å²) in [6.07, 6.45) is 0.374. The first-order valence-corrected chi connectivity index (χ1v) is 10.3. The average Bonchev–Trinajstić information content (AvgIpc) is 2.85. The van der Waals surface area contributed by atoms with Crippen LogP contribution in [0.25, 0.3) is 16.6 Å². The second kappa shape index (κ2) is 7.41. The van der Waals surface area contributed by atoms with Crippen molar-refractivity contribution in [2.45, 2.75) is 12.5 Å². The van der Waals surface area contributed by atoms with Gasteiger partial charge in [0.2, 0.25) is 0 Å². The lowest BCUT2D eigenvalue weighted by Gasteiger charge is -2.19. The molecule has 154 valence electrons. The molecule has 0 fully saturated rings. The number of hydrogen-bond acceptors (Lipinski definition) is 4. The number of carbonyl (C=O) groups excluding carboxylic acids is 1. The molecule has 0 spiro atoms. The predicted octanol–water partition coefficient (Wildman–Crippen LogP) is 4.43. The van der Waals surface area contributed by atoms with E-state index in [1.807, 2.05) is 0 Å². The smallest absolute Gasteiger partial charge is 0.266 e. The summed E-state index contributed by atoms with van der Waals surface area (Å²) < 4.78 is 1.45. The number of hydrogen-bond donors (Lipinski definition) is 2. The maximum absolute atomic E-state index is 13.5. The van der Waals surface area contributed by atoms with Crippen molar-refractivity contribution in [2.75, 3.05) is 0 Å². The van der Waals surface area contributed by atoms with Crippen LogP contribution in [-0.2, 0) is 6.42 Å². The van der Waals surface area contributed by atoms with Crippen molar-refractivity contribution < 1.29 is 9.90 Å². The van der Waals surface area contributed by atoms with Gasteiger partial charge in [0.15, 0.2) is 0 Å². The molecule has 0 aliphatic carbocycles. The Bertz CT molecular complexity index is 1410. The number of phenolic OH excluding ortho intramolecular Hbond substituents is 1. The van der Waals surface area contributed by atoms with E-state index in [2.05, 4.69) is 5.32 Å². The molecule has 1 unspecified atom stereocenters. The Labute approximate surface area is 186 Å². The Kier molecular flexibility index (Phi) is 4.68. The number of aromatic hydroxyl groups is 1. The molecule has 1 aromatic heterocycles. The molecule has 5 rings (SSSR count). The van der Waals surface area contributed by atoms with Crippen molar-refractivity contribution in [2.24, 2.45) is 0 Å². The van der Waals surface area contributed by atoms with E-state index in [4.69, 9.17) is 28.2 Å². The number of phenols is 1. The van der Waals surface area contributed by atoms with Gasteiger partial charge < -0.3 is 10.4 Å². The van der Waals surface area contributed by atoms with Crippen molar-refractivity contribution in [1.29, 1.82) is 0 Å². The minimum absolute atomic E-state index is 0.147. The van der Waals surface area contributed by atoms with Gasteiger partial charge in [0.1, 0.15) is 11.6 Å². The van der Waals surface area contributed by atoms with E-state index in [1.54, 1.807) is 54.6 Å². The van der Waals surface area contributed by atoms with E-state index in [0.29, 0.717) is 38.9 Å². The monoisotopic (exact) mass is 451 g/mol. The highest BCUT2D eigenvalue weighted by Gasteiger charge is 2.30. The van der Waals surface area contributed by atoms with E-state index in [9.17, 15) is 14.7 Å². The molecule has 1 atom stereocenters. The Morgan fingerprint density at radius 1 is 0.968 bits per heavy atom. The van der Waals surface area contributed by atoms with E-state index in [0.717, 1.165) is 5.56 Å². The van der Waals surface area contributed by atoms with Crippen LogP contribution in [-0.4, -0.2) is 20.6 Å². The molecule has 2 heterocycles. The van der Waals surface area contributed by atoms with Gasteiger partial charge in [-0.3, -0.25) is 14.2 Å². The second-order valence-electron chi connectivity index (χ2n) is 7.33. The first-order chi connectivity index (χ1) is 14.9. The van der Waals surface area contributed by atoms with Crippen LogP contribution in [0.1, 0.15) is 27.8 Å². The molecule has 1 aliphatic rings. The van der Waals surface area contributed by atoms with Crippen molar-refractivity contribution in [3.8, 4) is 11.4 Å². The van der Waals surface area contributed by atoms with E-state index < -0.39 is 6.04 Å². The molecule has 0 bridgehead atoms. The maximum atomic E-state index is 13.5. The van der Waals surface area contributed by atoms with Crippen LogP contribution < -0.4 is 10.9 Å². The number of aromatic nitrogens is 2. The molecular formula is C23H15Cl2N3O3. The molecule has 1 aliphatic heterocycles. The Morgan fingerprint density at radius 2 is 1.68 bits per heavy atom. The summed E-state index contributed by atoms with van der Waals surface area (Å²) in [6.45, 7) is 0. The van der Waals surface area contributed by atoms with Crippen LogP contribution in [0.5, 0.6) is 5.75 Å². The molecule has 2 N–H and O–H groups in total. The van der Waals surface area contributed by atoms with Gasteiger partial charge >= 0.3 is 0 Å². The Hall–Kier alpha value is -3.35. The van der Waals surface area contributed by atoms with Crippen LogP contribution in [0.15, 0.2) is 65.5 Å². The zero-order valence-electron chi connectivity index (χ0n) is 16.0. The standard InChI is InChI=1S/C23H15Cl2N3O3/c24-13-3-7-18-16(10-13)23(31)28-20-8-4-14(25)11-17(20)22(30)27-19(21(28)26-18)9-12-1-5-15(29)6-2-12/h1-8,10-11,19,29H,9H2,(H,27,30). The first-order valence-electron chi connectivity index (χ1n) is 9.51. The van der Waals surface area contributed by atoms with Gasteiger partial charge in [0.05, 0.1) is 28.2 Å². The quantitative estimate of drug-likeness (QED) is 0.472. The third-order valence-electron chi connectivity index (χ3n) is 5.29. The number of nitrogens with zero attached hydrogens (tertiary/aromatic N) is 2. The van der Waals surface area contributed by atoms with Crippen molar-refractivity contribution in [3.05, 3.63) is 98.0 Å². The fourth-order valence-electron chi connectivity index (χ4n) is 3.84. The highest BCUT2D eigenvalue weighted by molar-refractivity contribution is 6.31. The van der Waals surface area contributed by atoms with Gasteiger partial charge in [-0.15, -0.1) is 0 Å². The first kappa shape index (κ1) is 19.6. The Balaban J connectivity index is 1.79. The molecule has 1 amide bonds. The molecule has 0 saturated carbocycles. The number of amides is 1. The number of nitrogens with one attached hydrogen (secondary N) is 1. The maximum Gasteiger partial charge on any atom is 0.266 e. The van der Waals surface area contributed by atoms with Crippen LogP contribution in [0, 0.1) is 0 Å². The van der Waals surface area contributed by atoms with Gasteiger partial charge in [-0.1, -0.05) is 35.3 Å². The number of fused-ring (bicyclic) bond motifs is 4. The normalized spacial score (nSPS) is 15.2. The molecule has 0 saturated heterocycles. The number of halogens is 2. The molecule has 0 radical (unpaired) electrons. The van der Waals surface area contributed by atoms with Crippen molar-refractivity contribution in [3.63, 3.8) is 0 Å². The van der Waals surface area contributed by atoms with Crippen LogP contribution in [0.4, 0.5) is 0 Å². The summed E-state index contributed by atoms with van der Waals surface area (Å²) >= 11 is 12.3. The van der Waals surface area contributed by atoms with Crippen LogP contribution in [0.2, 0.25) is 10.0 Å². The third-order valence-corrected chi connectivity index (χ3v) is 5.76. The molecule has 8 heteroatoms. The second-order valence-corrected chi connectivity index (χ2v) is 8.20. The SMILES string of the molecule is O=C1NC(Cc2ccc(O)cc2)c2nc3ccc(Cl)cc3c(=O)n2-c2ccc(Cl)cc21. The number of rotatable bonds is 2. The van der Waals surface area contributed by atoms with Crippen LogP contribution in [0.3, 0.4) is 0 Å². The fourth-order valence-corrected chi connectivity index (χ4v) is 4.18. The summed E-state index contributed by atoms with van der Waals surface area (Å²) in [5.74, 6) is 0.198. The zero-order valence-corrected chi connectivity index (χ0v) is 17.5. The molecule has 31 heavy (non-hydrogen) atoms. The lowest BCUT2D eigenvalue weighted by Crippen LogP contribution is -2.31. The topological polar surface area (TPSA) is 84.2 Å². The van der Waals surface area contributed by atoms with Gasteiger partial charge in [-0.2, -0.15) is 0 Å². The van der Waals surface area contributed by atoms with Gasteiger partial charge in [0, 0.05) is 10.0 Å². The third kappa shape index (κ3) is 3.44. The summed E-state index contributed by atoms with van der Waals surface area (Å²) in [5, 5.41) is 13.7. The number of benzene rings is 3. The molecular weight excluding hydrogens is 437 g/mol. The molecule has 6 nitrogen and oxygen atoms in total. The highest BCUT2D eigenvalue weighted by atomic mass is 35.5. The minimum atomic E-state index is -0.587. The minimum Gasteiger partial charge on any atom is -0.508 e. The van der Waals surface area contributed by atoms with Crippen molar-refractivity contribution in [1.82, 2.24) is 14.9 Å². The van der Waals surface area contributed by atoms with Gasteiger partial charge in [0.25, 0.3) is 11.5 Å². The largest absolute Gasteiger partial charge is 0.508 e. The summed E-state index contributed by atoms with van der Waals surface area (Å²) in [4.78, 5) is 31.3. The van der Waals surface area contributed by atoms with Crippen molar-refractivity contribution >= 4 is 40.0 Å². The highest BCUT2D eigenvalue weighted by Crippen LogP contribution is 2.29. The van der Waals surface area contributed by atoms with E-state index in [1.165, 1.54) is 10.6 Å². The number of carbonyl (C=O) groups is 1. The van der Waals surface area contributed by atoms with Crippen LogP contribution >= 0.6 is 23.2 Å². The Morgan fingerprint density at radius 3 is 2.45 bits per heavy atom. The van der Waals surface area contributed by atoms with Gasteiger partial charge in [-0.05, 0) is 60.5 Å². The lowest BCUT2D eigenvalue weighted by atomic mass is 10.0. The predicted molar refractivity (Wildman–Crippen MR) is 119 cm³/mol. The summed E-state index contributed by atoms with van der Waals surface area (Å²) in [7, 11) is 0. The summed E-state index contributed by atoms with van der Waals surface area (Å²) in [6, 6.07) is 15.8. The average molecular weight is 452 g/mol. The van der Waals surface area contributed by atoms with Gasteiger partial charge in [-0.25, -0.2) is 4.98 Å². The molecule has 3 aromatic carbocycles. The van der Waals surface area contributed by atoms with E-state index in [-0.39, 0.29) is 22.8 Å². The molecule has 4 aromatic rings.